The molecular weight excluding hydrogens is 741 g/mol. The minimum atomic E-state index is -5.14. The number of allylic oxidation sites excluding steroid dienone is 5. The van der Waals surface area contributed by atoms with Crippen LogP contribution in [0.25, 0.3) is 0 Å². The summed E-state index contributed by atoms with van der Waals surface area (Å²) in [5, 5.41) is 74.1. The highest BCUT2D eigenvalue weighted by Gasteiger charge is 2.51. The molecule has 0 heterocycles. The molecule has 8 unspecified atom stereocenters. The molecule has 1 amide bonds. The van der Waals surface area contributed by atoms with Crippen molar-refractivity contribution < 1.29 is 59.0 Å². The number of amides is 1. The van der Waals surface area contributed by atoms with Gasteiger partial charge in [0.25, 0.3) is 0 Å². The van der Waals surface area contributed by atoms with Gasteiger partial charge in [-0.05, 0) is 57.8 Å². The van der Waals surface area contributed by atoms with E-state index in [0.29, 0.717) is 12.8 Å². The molecule has 0 radical (unpaired) electrons. The van der Waals surface area contributed by atoms with E-state index in [2.05, 4.69) is 37.4 Å². The number of aliphatic hydroxyl groups is 7. The number of carbonyl (C=O) groups is 1. The van der Waals surface area contributed by atoms with Crippen molar-refractivity contribution in [3.63, 3.8) is 0 Å². The van der Waals surface area contributed by atoms with Crippen molar-refractivity contribution in [3.05, 3.63) is 36.5 Å². The fourth-order valence-electron chi connectivity index (χ4n) is 6.60. The molecule has 8 atom stereocenters. The smallest absolute Gasteiger partial charge is 0.393 e. The van der Waals surface area contributed by atoms with E-state index in [-0.39, 0.29) is 6.42 Å². The molecule has 9 N–H and O–H groups in total. The Bertz CT molecular complexity index is 1110. The minimum Gasteiger partial charge on any atom is -0.393 e. The molecule has 13 nitrogen and oxygen atoms in total. The number of phosphoric acid groups is 1. The van der Waals surface area contributed by atoms with Gasteiger partial charge < -0.3 is 46.0 Å². The van der Waals surface area contributed by atoms with Gasteiger partial charge in [-0.15, -0.1) is 0 Å². The van der Waals surface area contributed by atoms with E-state index in [1.54, 1.807) is 6.08 Å². The Labute approximate surface area is 336 Å². The van der Waals surface area contributed by atoms with Gasteiger partial charge in [-0.3, -0.25) is 13.8 Å². The number of unbranched alkanes of at least 4 members (excludes halogenated alkanes) is 17. The number of hydrogen-bond acceptors (Lipinski definition) is 11. The summed E-state index contributed by atoms with van der Waals surface area (Å²) >= 11 is 0. The lowest BCUT2D eigenvalue weighted by Gasteiger charge is -2.41. The highest BCUT2D eigenvalue weighted by molar-refractivity contribution is 7.47. The Morgan fingerprint density at radius 2 is 1.05 bits per heavy atom. The Balaban J connectivity index is 2.54. The molecule has 1 aliphatic carbocycles. The molecule has 1 fully saturated rings. The lowest BCUT2D eigenvalue weighted by atomic mass is 9.85. The second-order valence-corrected chi connectivity index (χ2v) is 16.8. The van der Waals surface area contributed by atoms with Crippen LogP contribution in [-0.2, 0) is 18.4 Å². The standard InChI is InChI=1S/C42H78NO12P/c1-3-5-7-9-11-13-14-15-16-17-18-19-20-22-23-25-27-29-33(44)31-36(46)43-34(35(45)30-28-26-24-21-12-10-8-6-4-2)32-54-56(52,53)55-42-40(50)38(48)37(47)39(49)41(42)51/h12,17-18,21,28,30,33-35,37-42,44-45,47-51H,3-11,13-16,19-20,22-27,29,31-32H2,1-2H3,(H,43,46)(H,52,53)/b18-17-,21-12+,30-28+. The second-order valence-electron chi connectivity index (χ2n) is 15.4. The quantitative estimate of drug-likeness (QED) is 0.0201. The van der Waals surface area contributed by atoms with Crippen LogP contribution in [0.4, 0.5) is 0 Å². The van der Waals surface area contributed by atoms with Crippen molar-refractivity contribution in [2.75, 3.05) is 6.61 Å². The third-order valence-corrected chi connectivity index (χ3v) is 11.2. The first-order valence-electron chi connectivity index (χ1n) is 21.5. The number of carbonyl (C=O) groups excluding carboxylic acids is 1. The highest BCUT2D eigenvalue weighted by Crippen LogP contribution is 2.47. The molecule has 0 bridgehead atoms. The van der Waals surface area contributed by atoms with Crippen molar-refractivity contribution in [2.45, 2.75) is 216 Å². The molecular formula is C42H78NO12P. The molecule has 14 heteroatoms. The number of nitrogens with one attached hydrogen (secondary N) is 1. The average molecular weight is 820 g/mol. The summed E-state index contributed by atoms with van der Waals surface area (Å²) in [6, 6.07) is -1.26. The normalized spacial score (nSPS) is 24.5. The van der Waals surface area contributed by atoms with Crippen molar-refractivity contribution in [1.82, 2.24) is 5.32 Å². The second kappa shape index (κ2) is 32.4. The Kier molecular flexibility index (Phi) is 30.4. The largest absolute Gasteiger partial charge is 0.472 e. The van der Waals surface area contributed by atoms with Crippen LogP contribution in [0.3, 0.4) is 0 Å². The fourth-order valence-corrected chi connectivity index (χ4v) is 7.57. The van der Waals surface area contributed by atoms with Crippen LogP contribution in [0.1, 0.15) is 162 Å². The molecule has 1 saturated carbocycles. The molecule has 0 spiro atoms. The number of aliphatic hydroxyl groups excluding tert-OH is 7. The summed E-state index contributed by atoms with van der Waals surface area (Å²) in [4.78, 5) is 23.3. The Morgan fingerprint density at radius 3 is 1.61 bits per heavy atom. The number of phosphoric ester groups is 1. The topological polar surface area (TPSA) is 226 Å². The van der Waals surface area contributed by atoms with E-state index in [1.807, 2.05) is 6.08 Å². The summed E-state index contributed by atoms with van der Waals surface area (Å²) in [7, 11) is -5.14. The average Bonchev–Trinajstić information content (AvgIpc) is 3.17. The van der Waals surface area contributed by atoms with Gasteiger partial charge in [-0.1, -0.05) is 134 Å². The zero-order chi connectivity index (χ0) is 41.6. The van der Waals surface area contributed by atoms with Crippen LogP contribution >= 0.6 is 7.82 Å². The number of hydrogen-bond donors (Lipinski definition) is 9. The molecule has 1 rings (SSSR count). The van der Waals surface area contributed by atoms with Crippen molar-refractivity contribution >= 4 is 13.7 Å². The molecule has 0 aromatic heterocycles. The van der Waals surface area contributed by atoms with Gasteiger partial charge in [0, 0.05) is 0 Å². The Hall–Kier alpha value is -1.48. The summed E-state index contributed by atoms with van der Waals surface area (Å²) in [6.45, 7) is 3.64. The van der Waals surface area contributed by atoms with Gasteiger partial charge in [0.15, 0.2) is 0 Å². The highest BCUT2D eigenvalue weighted by atomic mass is 31.2. The summed E-state index contributed by atoms with van der Waals surface area (Å²) in [5.74, 6) is -0.612. The van der Waals surface area contributed by atoms with Crippen LogP contribution in [-0.4, -0.2) is 108 Å². The SMILES string of the molecule is CCCCC/C=C/CC/C=C/C(O)C(COP(=O)(O)OC1C(O)C(O)C(O)C(O)C1O)NC(=O)CC(O)CCCCCCC/C=C\CCCCCCCCCC. The van der Waals surface area contributed by atoms with Gasteiger partial charge in [0.1, 0.15) is 36.6 Å². The van der Waals surface area contributed by atoms with Crippen molar-refractivity contribution in [2.24, 2.45) is 0 Å². The van der Waals surface area contributed by atoms with Crippen LogP contribution in [0, 0.1) is 0 Å². The maximum Gasteiger partial charge on any atom is 0.472 e. The van der Waals surface area contributed by atoms with E-state index in [1.165, 1.54) is 63.9 Å². The monoisotopic (exact) mass is 820 g/mol. The fraction of sp³-hybridized carbons (Fsp3) is 0.833. The van der Waals surface area contributed by atoms with Gasteiger partial charge in [0.05, 0.1) is 31.3 Å². The summed E-state index contributed by atoms with van der Waals surface area (Å²) in [6.07, 6.45) is 21.3. The molecule has 56 heavy (non-hydrogen) atoms. The lowest BCUT2D eigenvalue weighted by molar-refractivity contribution is -0.220. The Morgan fingerprint density at radius 1 is 0.625 bits per heavy atom. The van der Waals surface area contributed by atoms with Gasteiger partial charge in [-0.25, -0.2) is 4.57 Å². The van der Waals surface area contributed by atoms with Crippen molar-refractivity contribution in [1.29, 1.82) is 0 Å². The predicted molar refractivity (Wildman–Crippen MR) is 220 cm³/mol. The van der Waals surface area contributed by atoms with Crippen LogP contribution < -0.4 is 5.32 Å². The van der Waals surface area contributed by atoms with Gasteiger partial charge >= 0.3 is 7.82 Å². The predicted octanol–water partition coefficient (Wildman–Crippen LogP) is 6.19. The molecule has 0 aliphatic heterocycles. The van der Waals surface area contributed by atoms with Crippen LogP contribution in [0.5, 0.6) is 0 Å². The van der Waals surface area contributed by atoms with E-state index in [9.17, 15) is 50.0 Å². The lowest BCUT2D eigenvalue weighted by Crippen LogP contribution is -2.64. The van der Waals surface area contributed by atoms with Gasteiger partial charge in [0.2, 0.25) is 5.91 Å². The number of rotatable bonds is 34. The molecule has 1 aliphatic rings. The molecule has 0 saturated heterocycles. The zero-order valence-corrected chi connectivity index (χ0v) is 35.2. The zero-order valence-electron chi connectivity index (χ0n) is 34.3. The third kappa shape index (κ3) is 24.4. The third-order valence-electron chi connectivity index (χ3n) is 10.2. The van der Waals surface area contributed by atoms with E-state index >= 15 is 0 Å². The molecule has 328 valence electrons. The first-order chi connectivity index (χ1) is 26.8. The first kappa shape index (κ1) is 52.5. The summed E-state index contributed by atoms with van der Waals surface area (Å²) < 4.78 is 22.7. The van der Waals surface area contributed by atoms with E-state index in [0.717, 1.165) is 70.6 Å². The van der Waals surface area contributed by atoms with E-state index in [4.69, 9.17) is 9.05 Å². The summed E-state index contributed by atoms with van der Waals surface area (Å²) in [5.41, 5.74) is 0. The maximum absolute atomic E-state index is 12.9. The van der Waals surface area contributed by atoms with Crippen LogP contribution in [0.15, 0.2) is 36.5 Å². The van der Waals surface area contributed by atoms with Crippen LogP contribution in [0.2, 0.25) is 0 Å². The molecule has 0 aromatic rings. The van der Waals surface area contributed by atoms with Crippen molar-refractivity contribution in [3.8, 4) is 0 Å². The minimum absolute atomic E-state index is 0.259. The van der Waals surface area contributed by atoms with Gasteiger partial charge in [-0.2, -0.15) is 0 Å². The maximum atomic E-state index is 12.9. The van der Waals surface area contributed by atoms with E-state index < -0.39 is 75.2 Å². The first-order valence-corrected chi connectivity index (χ1v) is 23.0. The molecule has 0 aromatic carbocycles.